The topological polar surface area (TPSA) is 45.7 Å². The molecule has 11 aromatic carbocycles. The molecular formula is C76H52N6OPt-2. The average Bonchev–Trinajstić information content (AvgIpc) is 4.47. The van der Waals surface area contributed by atoms with Gasteiger partial charge in [0.1, 0.15) is 5.82 Å². The number of benzene rings is 11. The molecule has 0 aliphatic rings. The van der Waals surface area contributed by atoms with Crippen molar-refractivity contribution in [2.75, 3.05) is 0 Å². The summed E-state index contributed by atoms with van der Waals surface area (Å²) in [6.45, 7) is 6.77. The van der Waals surface area contributed by atoms with Gasteiger partial charge in [-0.3, -0.25) is 4.57 Å². The summed E-state index contributed by atoms with van der Waals surface area (Å²) in [5.41, 5.74) is 17.8. The molecule has 7 nitrogen and oxygen atoms in total. The normalized spacial score (nSPS) is 11.9. The van der Waals surface area contributed by atoms with Crippen LogP contribution in [0.15, 0.2) is 261 Å². The van der Waals surface area contributed by atoms with Crippen molar-refractivity contribution < 1.29 is 30.4 Å². The summed E-state index contributed by atoms with van der Waals surface area (Å²) in [4.78, 5) is 5.28. The van der Waals surface area contributed by atoms with Crippen LogP contribution in [0.1, 0.15) is 26.3 Å². The maximum absolute atomic E-state index is 7.03. The molecule has 0 saturated heterocycles. The van der Waals surface area contributed by atoms with E-state index in [9.17, 15) is 0 Å². The van der Waals surface area contributed by atoms with Crippen LogP contribution in [0.25, 0.3) is 127 Å². The second kappa shape index (κ2) is 20.1. The van der Waals surface area contributed by atoms with Crippen molar-refractivity contribution in [2.45, 2.75) is 26.2 Å². The van der Waals surface area contributed by atoms with Gasteiger partial charge in [-0.1, -0.05) is 202 Å². The van der Waals surface area contributed by atoms with Crippen molar-refractivity contribution in [3.05, 3.63) is 285 Å². The van der Waals surface area contributed by atoms with Crippen LogP contribution < -0.4 is 9.30 Å². The molecule has 5 aromatic heterocycles. The molecule has 5 heterocycles. The Morgan fingerprint density at radius 1 is 0.440 bits per heavy atom. The van der Waals surface area contributed by atoms with Gasteiger partial charge in [-0.05, 0) is 92.8 Å². The number of pyridine rings is 1. The van der Waals surface area contributed by atoms with Crippen LogP contribution in [0.3, 0.4) is 0 Å². The Hall–Kier alpha value is -10.1. The van der Waals surface area contributed by atoms with Crippen molar-refractivity contribution in [1.29, 1.82) is 0 Å². The van der Waals surface area contributed by atoms with Gasteiger partial charge in [-0.15, -0.1) is 29.7 Å². The quantitative estimate of drug-likeness (QED) is 0.107. The minimum absolute atomic E-state index is 0. The minimum Gasteiger partial charge on any atom is -0.510 e. The van der Waals surface area contributed by atoms with Crippen molar-refractivity contribution in [1.82, 2.24) is 23.3 Å². The third-order valence-electron chi connectivity index (χ3n) is 16.4. The van der Waals surface area contributed by atoms with Gasteiger partial charge in [-0.2, -0.15) is 18.2 Å². The van der Waals surface area contributed by atoms with Gasteiger partial charge in [0.05, 0.1) is 44.3 Å². The third-order valence-corrected chi connectivity index (χ3v) is 16.4. The molecule has 16 aromatic rings. The monoisotopic (exact) mass is 1260 g/mol. The van der Waals surface area contributed by atoms with E-state index in [-0.39, 0.29) is 26.5 Å². The molecule has 0 aliphatic carbocycles. The molecule has 0 bridgehead atoms. The fraction of sp³-hybridized carbons (Fsp3) is 0.0526. The zero-order valence-electron chi connectivity index (χ0n) is 46.2. The number of aromatic nitrogens is 6. The molecule has 0 aliphatic heterocycles. The van der Waals surface area contributed by atoms with Gasteiger partial charge >= 0.3 is 0 Å². The van der Waals surface area contributed by atoms with Crippen LogP contribution in [0.2, 0.25) is 0 Å². The molecule has 16 rings (SSSR count). The van der Waals surface area contributed by atoms with Crippen LogP contribution in [-0.2, 0) is 26.5 Å². The molecule has 0 N–H and O–H groups in total. The van der Waals surface area contributed by atoms with Gasteiger partial charge in [0, 0.05) is 71.7 Å². The predicted octanol–water partition coefficient (Wildman–Crippen LogP) is 18.4. The molecule has 0 atom stereocenters. The molecule has 0 unspecified atom stereocenters. The summed E-state index contributed by atoms with van der Waals surface area (Å²) in [5, 5.41) is 6.78. The SMILES string of the molecule is CC(C)(C)c1ccnc(-n2c3[c-]c(Oc4[c-]c(-[n+]5[c-]n(-c6c(-c7ccccc7)cccc6-c6ccccc6)c6ccccc65)ccc4)ccc3c3c4c5ccccc5n(-c5ccccc5)c4c4c5ccccc5n(-c5ccccc5)c4c32)c1.[Pt]. The van der Waals surface area contributed by atoms with E-state index in [1.165, 1.54) is 5.56 Å². The number of rotatable bonds is 9. The Morgan fingerprint density at radius 2 is 0.964 bits per heavy atom. The fourth-order valence-electron chi connectivity index (χ4n) is 12.7. The van der Waals surface area contributed by atoms with E-state index in [1.807, 2.05) is 18.3 Å². The minimum atomic E-state index is -0.156. The Balaban J connectivity index is 0.00000600. The van der Waals surface area contributed by atoms with E-state index in [0.29, 0.717) is 11.5 Å². The van der Waals surface area contributed by atoms with E-state index in [1.54, 1.807) is 0 Å². The molecule has 0 fully saturated rings. The van der Waals surface area contributed by atoms with E-state index in [2.05, 4.69) is 305 Å². The average molecular weight is 1260 g/mol. The van der Waals surface area contributed by atoms with Crippen LogP contribution in [0.4, 0.5) is 0 Å². The largest absolute Gasteiger partial charge is 0.510 e. The summed E-state index contributed by atoms with van der Waals surface area (Å²) >= 11 is 0. The summed E-state index contributed by atoms with van der Waals surface area (Å²) in [6.07, 6.45) is 5.77. The first-order chi connectivity index (χ1) is 40.9. The number of fused-ring (bicyclic) bond motifs is 13. The maximum Gasteiger partial charge on any atom is 0.268 e. The van der Waals surface area contributed by atoms with Crippen LogP contribution in [0, 0.1) is 18.5 Å². The second-order valence-electron chi connectivity index (χ2n) is 22.3. The van der Waals surface area contributed by atoms with Crippen LogP contribution in [0.5, 0.6) is 11.5 Å². The van der Waals surface area contributed by atoms with E-state index >= 15 is 0 Å². The number of hydrogen-bond acceptors (Lipinski definition) is 2. The van der Waals surface area contributed by atoms with Crippen molar-refractivity contribution in [3.8, 4) is 62.3 Å². The predicted molar refractivity (Wildman–Crippen MR) is 338 cm³/mol. The number of nitrogens with zero attached hydrogens (tertiary/aromatic N) is 6. The molecular weight excluding hydrogens is 1210 g/mol. The van der Waals surface area contributed by atoms with Crippen molar-refractivity contribution in [3.63, 3.8) is 0 Å². The summed E-state index contributed by atoms with van der Waals surface area (Å²) < 4.78 is 18.6. The molecule has 84 heavy (non-hydrogen) atoms. The summed E-state index contributed by atoms with van der Waals surface area (Å²) in [7, 11) is 0. The third kappa shape index (κ3) is 8.06. The Bertz CT molecular complexity index is 5150. The molecule has 0 spiro atoms. The van der Waals surface area contributed by atoms with Gasteiger partial charge in [0.15, 0.2) is 0 Å². The van der Waals surface area contributed by atoms with E-state index < -0.39 is 0 Å². The zero-order valence-corrected chi connectivity index (χ0v) is 48.5. The summed E-state index contributed by atoms with van der Waals surface area (Å²) in [5.74, 6) is 1.88. The van der Waals surface area contributed by atoms with Gasteiger partial charge in [-0.25, -0.2) is 4.98 Å². The van der Waals surface area contributed by atoms with Gasteiger partial charge in [0.2, 0.25) is 0 Å². The zero-order chi connectivity index (χ0) is 55.3. The number of ether oxygens (including phenoxy) is 1. The smallest absolute Gasteiger partial charge is 0.268 e. The van der Waals surface area contributed by atoms with Crippen LogP contribution in [-0.4, -0.2) is 23.3 Å². The van der Waals surface area contributed by atoms with Crippen molar-refractivity contribution in [2.24, 2.45) is 0 Å². The van der Waals surface area contributed by atoms with Gasteiger partial charge < -0.3 is 23.0 Å². The van der Waals surface area contributed by atoms with Crippen LogP contribution >= 0.6 is 0 Å². The Kier molecular flexibility index (Phi) is 12.2. The maximum atomic E-state index is 7.03. The first-order valence-corrected chi connectivity index (χ1v) is 28.2. The number of para-hydroxylation sites is 7. The Morgan fingerprint density at radius 3 is 1.61 bits per heavy atom. The Labute approximate surface area is 500 Å². The molecule has 0 radical (unpaired) electrons. The number of imidazole rings is 1. The standard InChI is InChI=1S/C76H52N6O.Pt/c1-76(2,3)52-44-45-77-68(46-52)82-67-48-57(83-56-33-22-32-55(47-56)78-49-79(66-41-21-20-40-65(66)78)72-58(50-24-8-4-9-25-50)36-23-37-59(72)51-26-10-5-11-27-51)42-43-62(67)70-69-60-34-16-18-38-63(60)80(53-28-12-6-13-29-53)73(69)71-61-35-17-19-39-64(61)81(75(71)74(70)82)54-30-14-7-15-31-54;/h4-46H,1-3H3;/q-2;. The molecule has 404 valence electrons. The second-order valence-corrected chi connectivity index (χ2v) is 22.3. The van der Waals surface area contributed by atoms with Crippen molar-refractivity contribution >= 4 is 76.5 Å². The molecule has 0 saturated carbocycles. The number of hydrogen-bond donors (Lipinski definition) is 0. The van der Waals surface area contributed by atoms with E-state index in [0.717, 1.165) is 127 Å². The van der Waals surface area contributed by atoms with E-state index in [4.69, 9.17) is 9.72 Å². The fourth-order valence-corrected chi connectivity index (χ4v) is 12.7. The first kappa shape index (κ1) is 50.9. The van der Waals surface area contributed by atoms with Gasteiger partial charge in [0.25, 0.3) is 6.33 Å². The first-order valence-electron chi connectivity index (χ1n) is 28.2. The molecule has 8 heteroatoms. The summed E-state index contributed by atoms with van der Waals surface area (Å²) in [6, 6.07) is 97.8. The molecule has 0 amide bonds.